The number of benzene rings is 1. The van der Waals surface area contributed by atoms with Crippen molar-refractivity contribution in [2.75, 3.05) is 7.05 Å². The molecule has 0 bridgehead atoms. The molecule has 5 nitrogen and oxygen atoms in total. The normalized spacial score (nSPS) is 13.3. The highest BCUT2D eigenvalue weighted by molar-refractivity contribution is 7.89. The van der Waals surface area contributed by atoms with E-state index in [-0.39, 0.29) is 17.5 Å². The average molecular weight is 311 g/mol. The zero-order valence-electron chi connectivity index (χ0n) is 11.3. The fraction of sp³-hybridized carbons (Fsp3) is 0.308. The molecule has 0 radical (unpaired) electrons. The van der Waals surface area contributed by atoms with Gasteiger partial charge in [-0.05, 0) is 31.7 Å². The number of nitrogens with one attached hydrogen (secondary N) is 2. The molecule has 0 aliphatic rings. The van der Waals surface area contributed by atoms with Gasteiger partial charge in [-0.3, -0.25) is 0 Å². The van der Waals surface area contributed by atoms with Crippen LogP contribution >= 0.6 is 11.3 Å². The predicted molar refractivity (Wildman–Crippen MR) is 80.1 cm³/mol. The fourth-order valence-corrected chi connectivity index (χ4v) is 3.24. The van der Waals surface area contributed by atoms with Crippen molar-refractivity contribution in [3.8, 4) is 0 Å². The van der Waals surface area contributed by atoms with E-state index >= 15 is 0 Å². The SMILES string of the molecule is CNC(C)c1ccc(S(=O)(=O)NCc2cscn2)cc1. The zero-order valence-corrected chi connectivity index (χ0v) is 13.0. The lowest BCUT2D eigenvalue weighted by Crippen LogP contribution is -2.23. The highest BCUT2D eigenvalue weighted by atomic mass is 32.2. The molecular weight excluding hydrogens is 294 g/mol. The average Bonchev–Trinajstić information content (AvgIpc) is 2.98. The van der Waals surface area contributed by atoms with E-state index in [1.54, 1.807) is 17.6 Å². The van der Waals surface area contributed by atoms with Crippen LogP contribution in [-0.4, -0.2) is 20.4 Å². The minimum absolute atomic E-state index is 0.190. The Hall–Kier alpha value is -1.28. The smallest absolute Gasteiger partial charge is 0.240 e. The van der Waals surface area contributed by atoms with Crippen molar-refractivity contribution in [3.63, 3.8) is 0 Å². The minimum atomic E-state index is -3.49. The summed E-state index contributed by atoms with van der Waals surface area (Å²) in [7, 11) is -1.63. The fourth-order valence-electron chi connectivity index (χ4n) is 1.68. The molecule has 0 aliphatic heterocycles. The van der Waals surface area contributed by atoms with E-state index in [9.17, 15) is 8.42 Å². The maximum atomic E-state index is 12.1. The molecule has 0 amide bonds. The van der Waals surface area contributed by atoms with Gasteiger partial charge in [0.25, 0.3) is 0 Å². The van der Waals surface area contributed by atoms with Crippen LogP contribution in [-0.2, 0) is 16.6 Å². The molecule has 7 heteroatoms. The lowest BCUT2D eigenvalue weighted by molar-refractivity contribution is 0.580. The van der Waals surface area contributed by atoms with Crippen molar-refractivity contribution in [1.29, 1.82) is 0 Å². The standard InChI is InChI=1S/C13H17N3O2S2/c1-10(14-2)11-3-5-13(6-4-11)20(17,18)16-7-12-8-19-9-15-12/h3-6,8-10,14,16H,7H2,1-2H3. The number of rotatable bonds is 6. The Kier molecular flexibility index (Phi) is 4.87. The molecule has 2 rings (SSSR count). The van der Waals surface area contributed by atoms with Crippen molar-refractivity contribution in [2.24, 2.45) is 0 Å². The zero-order chi connectivity index (χ0) is 14.6. The molecule has 1 aromatic carbocycles. The van der Waals surface area contributed by atoms with Crippen LogP contribution in [0.4, 0.5) is 0 Å². The Morgan fingerprint density at radius 3 is 2.55 bits per heavy atom. The van der Waals surface area contributed by atoms with Gasteiger partial charge in [-0.25, -0.2) is 18.1 Å². The van der Waals surface area contributed by atoms with Crippen molar-refractivity contribution in [3.05, 3.63) is 46.4 Å². The number of hydrogen-bond donors (Lipinski definition) is 2. The van der Waals surface area contributed by atoms with Crippen LogP contribution in [0.15, 0.2) is 40.1 Å². The monoisotopic (exact) mass is 311 g/mol. The van der Waals surface area contributed by atoms with Gasteiger partial charge >= 0.3 is 0 Å². The summed E-state index contributed by atoms with van der Waals surface area (Å²) in [5.74, 6) is 0. The second-order valence-corrected chi connectivity index (χ2v) is 6.87. The summed E-state index contributed by atoms with van der Waals surface area (Å²) in [6, 6.07) is 7.06. The largest absolute Gasteiger partial charge is 0.313 e. The summed E-state index contributed by atoms with van der Waals surface area (Å²) in [6.07, 6.45) is 0. The van der Waals surface area contributed by atoms with E-state index < -0.39 is 10.0 Å². The first-order valence-electron chi connectivity index (χ1n) is 6.17. The molecule has 1 heterocycles. The summed E-state index contributed by atoms with van der Waals surface area (Å²) in [4.78, 5) is 4.31. The molecule has 0 saturated heterocycles. The van der Waals surface area contributed by atoms with Gasteiger partial charge in [-0.15, -0.1) is 11.3 Å². The minimum Gasteiger partial charge on any atom is -0.313 e. The van der Waals surface area contributed by atoms with Gasteiger partial charge in [0, 0.05) is 11.4 Å². The summed E-state index contributed by atoms with van der Waals surface area (Å²) < 4.78 is 26.8. The van der Waals surface area contributed by atoms with E-state index in [0.717, 1.165) is 11.3 Å². The van der Waals surface area contributed by atoms with Gasteiger partial charge in [0.1, 0.15) is 0 Å². The second-order valence-electron chi connectivity index (χ2n) is 4.38. The molecule has 0 aliphatic carbocycles. The third-order valence-corrected chi connectivity index (χ3v) is 5.10. The molecule has 1 unspecified atom stereocenters. The van der Waals surface area contributed by atoms with Crippen LogP contribution < -0.4 is 10.0 Å². The van der Waals surface area contributed by atoms with Gasteiger partial charge in [0.2, 0.25) is 10.0 Å². The first kappa shape index (κ1) is 15.1. The van der Waals surface area contributed by atoms with Crippen LogP contribution in [0.1, 0.15) is 24.2 Å². The Morgan fingerprint density at radius 2 is 2.00 bits per heavy atom. The highest BCUT2D eigenvalue weighted by Crippen LogP contribution is 2.16. The first-order valence-corrected chi connectivity index (χ1v) is 8.59. The molecule has 0 spiro atoms. The van der Waals surface area contributed by atoms with Crippen LogP contribution in [0, 0.1) is 0 Å². The highest BCUT2D eigenvalue weighted by Gasteiger charge is 2.14. The van der Waals surface area contributed by atoms with Crippen molar-refractivity contribution in [2.45, 2.75) is 24.4 Å². The molecule has 108 valence electrons. The molecule has 0 saturated carbocycles. The third kappa shape index (κ3) is 3.63. The number of aromatic nitrogens is 1. The predicted octanol–water partition coefficient (Wildman–Crippen LogP) is 1.90. The van der Waals surface area contributed by atoms with Crippen molar-refractivity contribution >= 4 is 21.4 Å². The first-order chi connectivity index (χ1) is 9.53. The van der Waals surface area contributed by atoms with Gasteiger partial charge in [0.05, 0.1) is 22.6 Å². The lowest BCUT2D eigenvalue weighted by atomic mass is 10.1. The Balaban J connectivity index is 2.09. The molecule has 2 aromatic rings. The summed E-state index contributed by atoms with van der Waals surface area (Å²) in [6.45, 7) is 2.23. The molecule has 1 aromatic heterocycles. The van der Waals surface area contributed by atoms with Crippen molar-refractivity contribution in [1.82, 2.24) is 15.0 Å². The second kappa shape index (κ2) is 6.45. The van der Waals surface area contributed by atoms with E-state index in [2.05, 4.69) is 15.0 Å². The van der Waals surface area contributed by atoms with Crippen LogP contribution in [0.5, 0.6) is 0 Å². The summed E-state index contributed by atoms with van der Waals surface area (Å²) >= 11 is 1.44. The Morgan fingerprint density at radius 1 is 1.30 bits per heavy atom. The topological polar surface area (TPSA) is 71.1 Å². The molecule has 2 N–H and O–H groups in total. The number of nitrogens with zero attached hydrogens (tertiary/aromatic N) is 1. The summed E-state index contributed by atoms with van der Waals surface area (Å²) in [5.41, 5.74) is 3.45. The Labute approximate surface area is 123 Å². The van der Waals surface area contributed by atoms with Crippen LogP contribution in [0.25, 0.3) is 0 Å². The quantitative estimate of drug-likeness (QED) is 0.855. The van der Waals surface area contributed by atoms with Gasteiger partial charge in [0.15, 0.2) is 0 Å². The molecule has 1 atom stereocenters. The van der Waals surface area contributed by atoms with E-state index in [0.29, 0.717) is 0 Å². The van der Waals surface area contributed by atoms with Gasteiger partial charge in [-0.1, -0.05) is 12.1 Å². The third-order valence-electron chi connectivity index (χ3n) is 3.05. The maximum absolute atomic E-state index is 12.1. The number of sulfonamides is 1. The van der Waals surface area contributed by atoms with E-state index in [1.807, 2.05) is 31.5 Å². The van der Waals surface area contributed by atoms with Crippen LogP contribution in [0.3, 0.4) is 0 Å². The molecule has 0 fully saturated rings. The number of hydrogen-bond acceptors (Lipinski definition) is 5. The Bertz CT molecular complexity index is 637. The lowest BCUT2D eigenvalue weighted by Gasteiger charge is -2.11. The molecule has 20 heavy (non-hydrogen) atoms. The van der Waals surface area contributed by atoms with E-state index in [1.165, 1.54) is 11.3 Å². The molecular formula is C13H17N3O2S2. The van der Waals surface area contributed by atoms with Gasteiger partial charge < -0.3 is 5.32 Å². The number of thiazole rings is 1. The maximum Gasteiger partial charge on any atom is 0.240 e. The van der Waals surface area contributed by atoms with Crippen LogP contribution in [0.2, 0.25) is 0 Å². The summed E-state index contributed by atoms with van der Waals surface area (Å²) in [5, 5.41) is 4.93. The van der Waals surface area contributed by atoms with Gasteiger partial charge in [-0.2, -0.15) is 0 Å². The van der Waals surface area contributed by atoms with E-state index in [4.69, 9.17) is 0 Å². The van der Waals surface area contributed by atoms with Crippen molar-refractivity contribution < 1.29 is 8.42 Å².